The second-order valence-electron chi connectivity index (χ2n) is 6.02. The Labute approximate surface area is 160 Å². The smallest absolute Gasteiger partial charge is 0.232 e. The molecule has 2 rings (SSSR count). The first kappa shape index (κ1) is 20.3. The molecule has 0 bridgehead atoms. The van der Waals surface area contributed by atoms with E-state index in [1.807, 2.05) is 24.3 Å². The zero-order valence-electron chi connectivity index (χ0n) is 14.9. The maximum Gasteiger partial charge on any atom is 0.232 e. The molecule has 0 atom stereocenters. The summed E-state index contributed by atoms with van der Waals surface area (Å²) in [5.74, 6) is -0.145. The average molecular weight is 395 g/mol. The van der Waals surface area contributed by atoms with Gasteiger partial charge in [0.1, 0.15) is 0 Å². The molecule has 0 aliphatic rings. The van der Waals surface area contributed by atoms with Crippen molar-refractivity contribution < 1.29 is 13.2 Å². The SMILES string of the molecule is CCc1ccc(NC(=O)CCCN(c2cccc(Cl)c2)S(C)(=O)=O)cc1. The van der Waals surface area contributed by atoms with Crippen LogP contribution in [0.2, 0.25) is 5.02 Å². The summed E-state index contributed by atoms with van der Waals surface area (Å²) in [5.41, 5.74) is 2.44. The van der Waals surface area contributed by atoms with Gasteiger partial charge in [0, 0.05) is 23.7 Å². The van der Waals surface area contributed by atoms with Crippen molar-refractivity contribution in [2.24, 2.45) is 0 Å². The van der Waals surface area contributed by atoms with Gasteiger partial charge < -0.3 is 5.32 Å². The largest absolute Gasteiger partial charge is 0.326 e. The van der Waals surface area contributed by atoms with Gasteiger partial charge in [0.2, 0.25) is 15.9 Å². The molecule has 0 aromatic heterocycles. The maximum absolute atomic E-state index is 12.1. The highest BCUT2D eigenvalue weighted by molar-refractivity contribution is 7.92. The Balaban J connectivity index is 1.93. The van der Waals surface area contributed by atoms with Gasteiger partial charge in [-0.25, -0.2) is 8.42 Å². The molecule has 2 aromatic carbocycles. The van der Waals surface area contributed by atoms with Crippen molar-refractivity contribution in [3.8, 4) is 0 Å². The predicted octanol–water partition coefficient (Wildman–Crippen LogP) is 4.09. The van der Waals surface area contributed by atoms with Crippen molar-refractivity contribution in [1.82, 2.24) is 0 Å². The molecule has 1 N–H and O–H groups in total. The van der Waals surface area contributed by atoms with Gasteiger partial charge in [-0.05, 0) is 48.7 Å². The van der Waals surface area contributed by atoms with Crippen LogP contribution < -0.4 is 9.62 Å². The zero-order chi connectivity index (χ0) is 19.2. The Bertz CT molecular complexity index is 851. The predicted molar refractivity (Wildman–Crippen MR) is 107 cm³/mol. The van der Waals surface area contributed by atoms with Crippen LogP contribution in [0.3, 0.4) is 0 Å². The van der Waals surface area contributed by atoms with E-state index in [2.05, 4.69) is 12.2 Å². The van der Waals surface area contributed by atoms with E-state index in [-0.39, 0.29) is 18.9 Å². The maximum atomic E-state index is 12.1. The molecular formula is C19H23ClN2O3S. The van der Waals surface area contributed by atoms with E-state index in [0.717, 1.165) is 18.4 Å². The van der Waals surface area contributed by atoms with Gasteiger partial charge in [-0.3, -0.25) is 9.10 Å². The lowest BCUT2D eigenvalue weighted by Crippen LogP contribution is -2.31. The number of nitrogens with zero attached hydrogens (tertiary/aromatic N) is 1. The number of halogens is 1. The van der Waals surface area contributed by atoms with Gasteiger partial charge >= 0.3 is 0 Å². The Hall–Kier alpha value is -2.05. The van der Waals surface area contributed by atoms with Crippen LogP contribution in [0.1, 0.15) is 25.3 Å². The molecule has 1 amide bonds. The number of carbonyl (C=O) groups excluding carboxylic acids is 1. The van der Waals surface area contributed by atoms with E-state index in [1.54, 1.807) is 24.3 Å². The molecule has 5 nitrogen and oxygen atoms in total. The van der Waals surface area contributed by atoms with Crippen LogP contribution in [0.25, 0.3) is 0 Å². The van der Waals surface area contributed by atoms with Crippen LogP contribution in [0, 0.1) is 0 Å². The number of benzene rings is 2. The molecule has 0 heterocycles. The van der Waals surface area contributed by atoms with Crippen molar-refractivity contribution in [2.45, 2.75) is 26.2 Å². The topological polar surface area (TPSA) is 66.5 Å². The average Bonchev–Trinajstić information content (AvgIpc) is 2.58. The molecule has 0 spiro atoms. The second kappa shape index (κ2) is 9.05. The van der Waals surface area contributed by atoms with Gasteiger partial charge in [-0.15, -0.1) is 0 Å². The molecule has 7 heteroatoms. The van der Waals surface area contributed by atoms with Crippen molar-refractivity contribution in [3.63, 3.8) is 0 Å². The molecule has 0 radical (unpaired) electrons. The highest BCUT2D eigenvalue weighted by Gasteiger charge is 2.17. The fourth-order valence-electron chi connectivity index (χ4n) is 2.55. The molecule has 140 valence electrons. The first-order valence-electron chi connectivity index (χ1n) is 8.41. The zero-order valence-corrected chi connectivity index (χ0v) is 16.5. The third-order valence-electron chi connectivity index (χ3n) is 3.91. The Morgan fingerprint density at radius 1 is 1.15 bits per heavy atom. The molecule has 0 saturated carbocycles. The van der Waals surface area contributed by atoms with Crippen LogP contribution in [0.15, 0.2) is 48.5 Å². The lowest BCUT2D eigenvalue weighted by molar-refractivity contribution is -0.116. The summed E-state index contributed by atoms with van der Waals surface area (Å²) in [5, 5.41) is 3.29. The van der Waals surface area contributed by atoms with Crippen LogP contribution in [0.5, 0.6) is 0 Å². The highest BCUT2D eigenvalue weighted by atomic mass is 35.5. The number of anilines is 2. The number of rotatable bonds is 8. The van der Waals surface area contributed by atoms with E-state index >= 15 is 0 Å². The first-order chi connectivity index (χ1) is 12.3. The number of amides is 1. The molecule has 2 aromatic rings. The normalized spacial score (nSPS) is 11.2. The van der Waals surface area contributed by atoms with Gasteiger partial charge in [-0.1, -0.05) is 36.7 Å². The van der Waals surface area contributed by atoms with Crippen molar-refractivity contribution in [2.75, 3.05) is 22.4 Å². The van der Waals surface area contributed by atoms with E-state index in [4.69, 9.17) is 11.6 Å². The molecule has 0 aliphatic carbocycles. The molecular weight excluding hydrogens is 372 g/mol. The number of hydrogen-bond donors (Lipinski definition) is 1. The third kappa shape index (κ3) is 6.04. The summed E-state index contributed by atoms with van der Waals surface area (Å²) in [7, 11) is -3.46. The molecule has 0 aliphatic heterocycles. The van der Waals surface area contributed by atoms with Crippen molar-refractivity contribution >= 4 is 38.9 Å². The summed E-state index contributed by atoms with van der Waals surface area (Å²) in [6.07, 6.45) is 2.71. The molecule has 26 heavy (non-hydrogen) atoms. The summed E-state index contributed by atoms with van der Waals surface area (Å²) in [6.45, 7) is 2.28. The molecule has 0 fully saturated rings. The number of hydrogen-bond acceptors (Lipinski definition) is 3. The van der Waals surface area contributed by atoms with E-state index in [9.17, 15) is 13.2 Å². The minimum Gasteiger partial charge on any atom is -0.326 e. The number of sulfonamides is 1. The fourth-order valence-corrected chi connectivity index (χ4v) is 3.69. The van der Waals surface area contributed by atoms with Crippen molar-refractivity contribution in [1.29, 1.82) is 0 Å². The minimum absolute atomic E-state index is 0.145. The van der Waals surface area contributed by atoms with Crippen molar-refractivity contribution in [3.05, 3.63) is 59.1 Å². The third-order valence-corrected chi connectivity index (χ3v) is 5.34. The summed E-state index contributed by atoms with van der Waals surface area (Å²) < 4.78 is 25.4. The minimum atomic E-state index is -3.46. The van der Waals surface area contributed by atoms with Gasteiger partial charge in [0.05, 0.1) is 11.9 Å². The lowest BCUT2D eigenvalue weighted by Gasteiger charge is -2.22. The van der Waals surface area contributed by atoms with E-state index < -0.39 is 10.0 Å². The van der Waals surface area contributed by atoms with Crippen LogP contribution in [-0.2, 0) is 21.2 Å². The Morgan fingerprint density at radius 2 is 1.85 bits per heavy atom. The van der Waals surface area contributed by atoms with Gasteiger partial charge in [-0.2, -0.15) is 0 Å². The standard InChI is InChI=1S/C19H23ClN2O3S/c1-3-15-9-11-17(12-10-15)21-19(23)8-5-13-22(26(2,24)25)18-7-4-6-16(20)14-18/h4,6-7,9-12,14H,3,5,8,13H2,1-2H3,(H,21,23). The fraction of sp³-hybridized carbons (Fsp3) is 0.316. The Kier molecular flexibility index (Phi) is 7.06. The lowest BCUT2D eigenvalue weighted by atomic mass is 10.1. The number of carbonyl (C=O) groups is 1. The number of aryl methyl sites for hydroxylation is 1. The second-order valence-corrected chi connectivity index (χ2v) is 8.36. The van der Waals surface area contributed by atoms with E-state index in [1.165, 1.54) is 9.87 Å². The van der Waals surface area contributed by atoms with Crippen LogP contribution >= 0.6 is 11.6 Å². The summed E-state index contributed by atoms with van der Waals surface area (Å²) in [6, 6.07) is 14.3. The van der Waals surface area contributed by atoms with Gasteiger partial charge in [0.25, 0.3) is 0 Å². The Morgan fingerprint density at radius 3 is 2.42 bits per heavy atom. The van der Waals surface area contributed by atoms with Gasteiger partial charge in [0.15, 0.2) is 0 Å². The van der Waals surface area contributed by atoms with Crippen LogP contribution in [-0.4, -0.2) is 27.1 Å². The summed E-state index contributed by atoms with van der Waals surface area (Å²) in [4.78, 5) is 12.1. The number of nitrogens with one attached hydrogen (secondary N) is 1. The first-order valence-corrected chi connectivity index (χ1v) is 10.6. The quantitative estimate of drug-likeness (QED) is 0.733. The van der Waals surface area contributed by atoms with E-state index in [0.29, 0.717) is 17.1 Å². The molecule has 0 unspecified atom stereocenters. The monoisotopic (exact) mass is 394 g/mol. The molecule has 0 saturated heterocycles. The summed E-state index contributed by atoms with van der Waals surface area (Å²) >= 11 is 5.95. The highest BCUT2D eigenvalue weighted by Crippen LogP contribution is 2.22. The van der Waals surface area contributed by atoms with Crippen LogP contribution in [0.4, 0.5) is 11.4 Å².